The summed E-state index contributed by atoms with van der Waals surface area (Å²) in [7, 11) is 1.55. The maximum absolute atomic E-state index is 9.40. The van der Waals surface area contributed by atoms with Crippen LogP contribution in [-0.4, -0.2) is 26.8 Å². The van der Waals surface area contributed by atoms with E-state index in [1.807, 2.05) is 13.8 Å². The monoisotopic (exact) mass is 310 g/mol. The Morgan fingerprint density at radius 1 is 1.36 bits per heavy atom. The lowest BCUT2D eigenvalue weighted by Crippen LogP contribution is -2.09. The first kappa shape index (κ1) is 20.9. The van der Waals surface area contributed by atoms with E-state index in [4.69, 9.17) is 0 Å². The van der Waals surface area contributed by atoms with Crippen molar-refractivity contribution in [2.24, 2.45) is 23.7 Å². The SMILES string of the molecule is C=C(C)C.CCC1CC(C)C2CC=CC12.COCCOC=O. The molecule has 3 heteroatoms. The summed E-state index contributed by atoms with van der Waals surface area (Å²) < 4.78 is 8.83. The van der Waals surface area contributed by atoms with Crippen molar-refractivity contribution < 1.29 is 14.3 Å². The first-order chi connectivity index (χ1) is 10.5. The third-order valence-electron chi connectivity index (χ3n) is 4.21. The Hall–Kier alpha value is -1.09. The van der Waals surface area contributed by atoms with E-state index in [1.165, 1.54) is 24.8 Å². The third-order valence-corrected chi connectivity index (χ3v) is 4.21. The summed E-state index contributed by atoms with van der Waals surface area (Å²) in [5.41, 5.74) is 1.17. The van der Waals surface area contributed by atoms with E-state index in [2.05, 4.69) is 42.1 Å². The fraction of sp³-hybridized carbons (Fsp3) is 0.737. The van der Waals surface area contributed by atoms with Crippen molar-refractivity contribution in [1.29, 1.82) is 0 Å². The van der Waals surface area contributed by atoms with Crippen LogP contribution in [0.3, 0.4) is 0 Å². The van der Waals surface area contributed by atoms with Crippen LogP contribution in [0.4, 0.5) is 0 Å². The fourth-order valence-corrected chi connectivity index (χ4v) is 3.24. The van der Waals surface area contributed by atoms with Crippen molar-refractivity contribution in [2.45, 2.75) is 47.0 Å². The van der Waals surface area contributed by atoms with E-state index in [9.17, 15) is 4.79 Å². The molecular weight excluding hydrogens is 276 g/mol. The van der Waals surface area contributed by atoms with Crippen LogP contribution in [0, 0.1) is 23.7 Å². The maximum Gasteiger partial charge on any atom is 0.293 e. The highest BCUT2D eigenvalue weighted by Crippen LogP contribution is 2.48. The van der Waals surface area contributed by atoms with Gasteiger partial charge in [0.05, 0.1) is 6.61 Å². The predicted molar refractivity (Wildman–Crippen MR) is 92.7 cm³/mol. The largest absolute Gasteiger partial charge is 0.465 e. The molecule has 22 heavy (non-hydrogen) atoms. The van der Waals surface area contributed by atoms with Crippen molar-refractivity contribution in [2.75, 3.05) is 20.3 Å². The van der Waals surface area contributed by atoms with Gasteiger partial charge in [0.2, 0.25) is 0 Å². The Labute approximate surface area is 136 Å². The second kappa shape index (κ2) is 12.5. The Balaban J connectivity index is 0.000000348. The van der Waals surface area contributed by atoms with Crippen molar-refractivity contribution in [3.05, 3.63) is 24.3 Å². The summed E-state index contributed by atoms with van der Waals surface area (Å²) in [6.45, 7) is 13.5. The van der Waals surface area contributed by atoms with E-state index in [-0.39, 0.29) is 0 Å². The minimum Gasteiger partial charge on any atom is -0.465 e. The summed E-state index contributed by atoms with van der Waals surface area (Å²) in [6, 6.07) is 0. The van der Waals surface area contributed by atoms with Gasteiger partial charge in [0.25, 0.3) is 6.47 Å². The summed E-state index contributed by atoms with van der Waals surface area (Å²) >= 11 is 0. The number of hydrogen-bond acceptors (Lipinski definition) is 3. The number of methoxy groups -OCH3 is 1. The summed E-state index contributed by atoms with van der Waals surface area (Å²) in [6.07, 6.45) is 9.10. The highest BCUT2D eigenvalue weighted by molar-refractivity contribution is 5.36. The molecule has 0 bridgehead atoms. The fourth-order valence-electron chi connectivity index (χ4n) is 3.24. The zero-order chi connectivity index (χ0) is 17.0. The summed E-state index contributed by atoms with van der Waals surface area (Å²) in [5.74, 6) is 3.96. The molecule has 0 aliphatic heterocycles. The first-order valence-electron chi connectivity index (χ1n) is 8.30. The van der Waals surface area contributed by atoms with Crippen LogP contribution in [0.5, 0.6) is 0 Å². The molecule has 0 aromatic carbocycles. The van der Waals surface area contributed by atoms with Gasteiger partial charge in [-0.25, -0.2) is 0 Å². The molecule has 0 spiro atoms. The third kappa shape index (κ3) is 8.38. The minimum absolute atomic E-state index is 0.347. The number of fused-ring (bicyclic) bond motifs is 1. The van der Waals surface area contributed by atoms with Crippen LogP contribution in [0.1, 0.15) is 47.0 Å². The molecule has 0 heterocycles. The number of carbonyl (C=O) groups excluding carboxylic acids is 1. The molecule has 0 amide bonds. The topological polar surface area (TPSA) is 35.5 Å². The Morgan fingerprint density at radius 3 is 2.50 bits per heavy atom. The smallest absolute Gasteiger partial charge is 0.293 e. The summed E-state index contributed by atoms with van der Waals surface area (Å²) in [5, 5.41) is 0. The van der Waals surface area contributed by atoms with Crippen LogP contribution in [-0.2, 0) is 14.3 Å². The highest BCUT2D eigenvalue weighted by atomic mass is 16.5. The normalized spacial score (nSPS) is 27.9. The first-order valence-corrected chi connectivity index (χ1v) is 8.30. The van der Waals surface area contributed by atoms with Crippen molar-refractivity contribution in [3.8, 4) is 0 Å². The molecule has 0 aromatic rings. The highest BCUT2D eigenvalue weighted by Gasteiger charge is 2.39. The van der Waals surface area contributed by atoms with Gasteiger partial charge in [-0.1, -0.05) is 38.0 Å². The molecule has 1 fully saturated rings. The van der Waals surface area contributed by atoms with Gasteiger partial charge in [-0.05, 0) is 50.4 Å². The lowest BCUT2D eigenvalue weighted by atomic mass is 9.89. The average molecular weight is 310 g/mol. The molecule has 2 aliphatic carbocycles. The lowest BCUT2D eigenvalue weighted by Gasteiger charge is -2.15. The molecule has 2 aliphatic rings. The van der Waals surface area contributed by atoms with E-state index in [0.29, 0.717) is 19.7 Å². The van der Waals surface area contributed by atoms with Gasteiger partial charge in [-0.3, -0.25) is 4.79 Å². The van der Waals surface area contributed by atoms with E-state index in [0.717, 1.165) is 23.7 Å². The molecule has 4 unspecified atom stereocenters. The molecule has 1 saturated carbocycles. The van der Waals surface area contributed by atoms with Gasteiger partial charge in [0.1, 0.15) is 6.61 Å². The maximum atomic E-state index is 9.40. The Kier molecular flexibility index (Phi) is 11.8. The van der Waals surface area contributed by atoms with Crippen LogP contribution in [0.25, 0.3) is 0 Å². The standard InChI is InChI=1S/C11H18.C4H8O3.C4H8/c1-3-9-7-8(2)10-5-4-6-11(9)10;1-6-2-3-7-4-5;1-4(2)3/h4,6,8-11H,3,5,7H2,1-2H3;4H,2-3H2,1H3;1H2,2-3H3. The number of ether oxygens (including phenoxy) is 2. The quantitative estimate of drug-likeness (QED) is 0.422. The molecule has 0 aromatic heterocycles. The second-order valence-electron chi connectivity index (χ2n) is 6.45. The van der Waals surface area contributed by atoms with Crippen LogP contribution in [0.2, 0.25) is 0 Å². The van der Waals surface area contributed by atoms with Gasteiger partial charge in [0.15, 0.2) is 0 Å². The van der Waals surface area contributed by atoms with Gasteiger partial charge < -0.3 is 9.47 Å². The molecular formula is C19H34O3. The minimum atomic E-state index is 0.347. The number of rotatable bonds is 5. The van der Waals surface area contributed by atoms with E-state index in [1.54, 1.807) is 7.11 Å². The lowest BCUT2D eigenvalue weighted by molar-refractivity contribution is -0.129. The summed E-state index contributed by atoms with van der Waals surface area (Å²) in [4.78, 5) is 9.40. The van der Waals surface area contributed by atoms with Crippen LogP contribution in [0.15, 0.2) is 24.3 Å². The van der Waals surface area contributed by atoms with Crippen molar-refractivity contribution in [1.82, 2.24) is 0 Å². The zero-order valence-corrected chi connectivity index (χ0v) is 15.0. The Bertz CT molecular complexity index is 332. The van der Waals surface area contributed by atoms with Crippen LogP contribution >= 0.6 is 0 Å². The second-order valence-corrected chi connectivity index (χ2v) is 6.45. The molecule has 0 N–H and O–H groups in total. The Morgan fingerprint density at radius 2 is 2.00 bits per heavy atom. The zero-order valence-electron chi connectivity index (χ0n) is 15.0. The number of allylic oxidation sites excluding steroid dienone is 3. The number of carbonyl (C=O) groups is 1. The van der Waals surface area contributed by atoms with Gasteiger partial charge in [0, 0.05) is 7.11 Å². The van der Waals surface area contributed by atoms with Gasteiger partial charge in [-0.2, -0.15) is 0 Å². The van der Waals surface area contributed by atoms with Gasteiger partial charge in [-0.15, -0.1) is 6.58 Å². The number of hydrogen-bond donors (Lipinski definition) is 0. The molecule has 128 valence electrons. The predicted octanol–water partition coefficient (Wildman–Crippen LogP) is 4.63. The van der Waals surface area contributed by atoms with Gasteiger partial charge >= 0.3 is 0 Å². The van der Waals surface area contributed by atoms with Crippen molar-refractivity contribution in [3.63, 3.8) is 0 Å². The molecule has 3 nitrogen and oxygen atoms in total. The van der Waals surface area contributed by atoms with E-state index < -0.39 is 0 Å². The van der Waals surface area contributed by atoms with E-state index >= 15 is 0 Å². The van der Waals surface area contributed by atoms with Crippen LogP contribution < -0.4 is 0 Å². The van der Waals surface area contributed by atoms with Crippen molar-refractivity contribution >= 4 is 6.47 Å². The molecule has 0 saturated heterocycles. The molecule has 0 radical (unpaired) electrons. The molecule has 2 rings (SSSR count). The molecule has 4 atom stereocenters. The average Bonchev–Trinajstić information content (AvgIpc) is 3.04.